The van der Waals surface area contributed by atoms with E-state index in [0.29, 0.717) is 5.84 Å². The number of para-hydroxylation sites is 1. The van der Waals surface area contributed by atoms with Crippen LogP contribution in [0.3, 0.4) is 0 Å². The Balaban J connectivity index is 1.22. The predicted octanol–water partition coefficient (Wildman–Crippen LogP) is 3.21. The van der Waals surface area contributed by atoms with Gasteiger partial charge in [0.15, 0.2) is 5.01 Å². The van der Waals surface area contributed by atoms with Crippen molar-refractivity contribution in [2.24, 2.45) is 0 Å². The predicted molar refractivity (Wildman–Crippen MR) is 173 cm³/mol. The monoisotopic (exact) mass is 627 g/mol. The van der Waals surface area contributed by atoms with E-state index in [-0.39, 0.29) is 42.5 Å². The van der Waals surface area contributed by atoms with Crippen molar-refractivity contribution in [3.63, 3.8) is 0 Å². The molecule has 0 radical (unpaired) electrons. The Hall–Kier alpha value is -4.84. The van der Waals surface area contributed by atoms with Gasteiger partial charge in [-0.1, -0.05) is 49.4 Å². The van der Waals surface area contributed by atoms with Crippen molar-refractivity contribution < 1.29 is 19.2 Å². The smallest absolute Gasteiger partial charge is 0.243 e. The molecule has 0 bridgehead atoms. The van der Waals surface area contributed by atoms with Gasteiger partial charge in [-0.2, -0.15) is 0 Å². The van der Waals surface area contributed by atoms with E-state index in [9.17, 15) is 19.2 Å². The molecule has 0 aliphatic carbocycles. The van der Waals surface area contributed by atoms with Crippen LogP contribution in [0.25, 0.3) is 10.9 Å². The number of nitrogens with zero attached hydrogens (tertiary/aromatic N) is 2. The van der Waals surface area contributed by atoms with Crippen LogP contribution in [0.15, 0.2) is 66.3 Å². The minimum atomic E-state index is -0.909. The molecule has 2 aromatic carbocycles. The molecule has 2 aromatic heterocycles. The minimum Gasteiger partial charge on any atom is -0.361 e. The number of aromatic nitrogens is 2. The third-order valence-corrected chi connectivity index (χ3v) is 8.67. The molecule has 0 saturated carbocycles. The van der Waals surface area contributed by atoms with Crippen LogP contribution >= 0.6 is 11.3 Å². The zero-order valence-corrected chi connectivity index (χ0v) is 25.9. The number of hydrogen-bond acceptors (Lipinski definition) is 7. The zero-order chi connectivity index (χ0) is 31.8. The van der Waals surface area contributed by atoms with E-state index >= 15 is 0 Å². The molecular weight excluding hydrogens is 590 g/mol. The average Bonchev–Trinajstić information content (AvgIpc) is 3.86. The second-order valence-electron chi connectivity index (χ2n) is 11.0. The molecule has 1 fully saturated rings. The van der Waals surface area contributed by atoms with E-state index in [1.807, 2.05) is 59.6 Å². The second kappa shape index (κ2) is 14.8. The van der Waals surface area contributed by atoms with Gasteiger partial charge in [-0.05, 0) is 30.0 Å². The quantitative estimate of drug-likeness (QED) is 0.0870. The number of amides is 3. The van der Waals surface area contributed by atoms with Gasteiger partial charge in [0.25, 0.3) is 0 Å². The van der Waals surface area contributed by atoms with Crippen molar-refractivity contribution in [2.75, 3.05) is 19.6 Å². The Morgan fingerprint density at radius 1 is 0.978 bits per heavy atom. The van der Waals surface area contributed by atoms with Gasteiger partial charge in [0.1, 0.15) is 11.9 Å². The minimum absolute atomic E-state index is 0.199. The Morgan fingerprint density at radius 3 is 2.42 bits per heavy atom. The van der Waals surface area contributed by atoms with Crippen LogP contribution in [0.1, 0.15) is 52.7 Å². The summed E-state index contributed by atoms with van der Waals surface area (Å²) in [5.74, 6) is -1.18. The summed E-state index contributed by atoms with van der Waals surface area (Å²) in [4.78, 5) is 61.3. The first-order chi connectivity index (χ1) is 21.8. The molecule has 3 heterocycles. The summed E-state index contributed by atoms with van der Waals surface area (Å²) in [6.07, 6.45) is 6.18. The number of likely N-dealkylation sites (tertiary alicyclic amines) is 1. The normalized spacial score (nSPS) is 14.1. The summed E-state index contributed by atoms with van der Waals surface area (Å²) in [5.41, 5.74) is 3.40. The fraction of sp³-hybridized carbons (Fsp3) is 0.333. The average molecular weight is 628 g/mol. The van der Waals surface area contributed by atoms with E-state index in [4.69, 9.17) is 5.41 Å². The Morgan fingerprint density at radius 2 is 1.71 bits per heavy atom. The molecule has 45 heavy (non-hydrogen) atoms. The fourth-order valence-electron chi connectivity index (χ4n) is 5.42. The Kier molecular flexibility index (Phi) is 10.4. The van der Waals surface area contributed by atoms with Crippen LogP contribution in [0.2, 0.25) is 0 Å². The van der Waals surface area contributed by atoms with Gasteiger partial charge in [-0.15, -0.1) is 11.3 Å². The van der Waals surface area contributed by atoms with Gasteiger partial charge < -0.3 is 25.8 Å². The number of fused-ring (bicyclic) bond motifs is 1. The van der Waals surface area contributed by atoms with Gasteiger partial charge in [0, 0.05) is 66.6 Å². The van der Waals surface area contributed by atoms with Gasteiger partial charge >= 0.3 is 0 Å². The highest BCUT2D eigenvalue weighted by atomic mass is 32.1. The first-order valence-electron chi connectivity index (χ1n) is 15.1. The van der Waals surface area contributed by atoms with E-state index < -0.39 is 23.9 Å². The maximum absolute atomic E-state index is 13.3. The van der Waals surface area contributed by atoms with Crippen molar-refractivity contribution in [3.05, 3.63) is 88.0 Å². The van der Waals surface area contributed by atoms with E-state index in [0.717, 1.165) is 53.5 Å². The lowest BCUT2D eigenvalue weighted by molar-refractivity contribution is -0.130. The van der Waals surface area contributed by atoms with Crippen molar-refractivity contribution >= 4 is 51.6 Å². The highest BCUT2D eigenvalue weighted by Crippen LogP contribution is 2.21. The first kappa shape index (κ1) is 31.6. The lowest BCUT2D eigenvalue weighted by Gasteiger charge is -2.21. The van der Waals surface area contributed by atoms with Crippen molar-refractivity contribution in [3.8, 4) is 0 Å². The number of aromatic amines is 1. The van der Waals surface area contributed by atoms with Gasteiger partial charge in [-0.3, -0.25) is 24.6 Å². The van der Waals surface area contributed by atoms with Gasteiger partial charge in [-0.25, -0.2) is 4.98 Å². The summed E-state index contributed by atoms with van der Waals surface area (Å²) >= 11 is 1.20. The second-order valence-corrected chi connectivity index (χ2v) is 11.9. The van der Waals surface area contributed by atoms with Crippen molar-refractivity contribution in [2.45, 2.75) is 51.1 Å². The molecule has 0 spiro atoms. The van der Waals surface area contributed by atoms with Crippen LogP contribution in [-0.4, -0.2) is 75.9 Å². The van der Waals surface area contributed by atoms with Gasteiger partial charge in [0.2, 0.25) is 23.5 Å². The number of ketones is 1. The lowest BCUT2D eigenvalue weighted by Crippen LogP contribution is -2.51. The number of carbonyl (C=O) groups is 4. The molecule has 2 unspecified atom stereocenters. The van der Waals surface area contributed by atoms with E-state index in [2.05, 4.69) is 25.9 Å². The van der Waals surface area contributed by atoms with E-state index in [1.54, 1.807) is 18.5 Å². The summed E-state index contributed by atoms with van der Waals surface area (Å²) in [6, 6.07) is 13.3. The molecule has 234 valence electrons. The number of Topliss-reactive ketones (excluding diaryl/α,β-unsaturated/α-hetero) is 1. The Labute approximate surface area is 265 Å². The number of rotatable bonds is 13. The molecule has 12 heteroatoms. The molecule has 5 rings (SSSR count). The van der Waals surface area contributed by atoms with Crippen LogP contribution in [0, 0.1) is 5.41 Å². The SMILES string of the molecule is CCC(=O)NC(Cc1ccc(C(=N)N2CCCC2)cc1)C(=O)NCC(=O)NC(Cc1c[nH]c2ccccc12)C(=O)c1nccs1. The molecule has 1 saturated heterocycles. The molecule has 11 nitrogen and oxygen atoms in total. The van der Waals surface area contributed by atoms with Crippen LogP contribution in [0.5, 0.6) is 0 Å². The summed E-state index contributed by atoms with van der Waals surface area (Å²) in [6.45, 7) is 3.08. The number of carbonyl (C=O) groups excluding carboxylic acids is 4. The Bertz CT molecular complexity index is 1660. The van der Waals surface area contributed by atoms with E-state index in [1.165, 1.54) is 11.3 Å². The molecule has 4 aromatic rings. The molecule has 2 atom stereocenters. The highest BCUT2D eigenvalue weighted by molar-refractivity contribution is 7.11. The van der Waals surface area contributed by atoms with Crippen LogP contribution < -0.4 is 16.0 Å². The molecule has 1 aliphatic rings. The lowest BCUT2D eigenvalue weighted by atomic mass is 10.0. The third-order valence-electron chi connectivity index (χ3n) is 7.88. The van der Waals surface area contributed by atoms with Crippen molar-refractivity contribution in [1.29, 1.82) is 5.41 Å². The third kappa shape index (κ3) is 8.01. The fourth-order valence-corrected chi connectivity index (χ4v) is 6.05. The summed E-state index contributed by atoms with van der Waals surface area (Å²) in [7, 11) is 0. The summed E-state index contributed by atoms with van der Waals surface area (Å²) in [5, 5.41) is 19.6. The van der Waals surface area contributed by atoms with Gasteiger partial charge in [0.05, 0.1) is 12.6 Å². The molecular formula is C33H37N7O4S. The maximum atomic E-state index is 13.3. The molecule has 1 aliphatic heterocycles. The zero-order valence-electron chi connectivity index (χ0n) is 25.1. The standard InChI is InChI=1S/C33H37N7O4S/c1-2-28(41)39-27(17-21-9-11-22(12-10-21)31(34)40-14-5-6-15-40)32(44)37-20-29(42)38-26(30(43)33-35-13-16-45-33)18-23-19-36-25-8-4-3-7-24(23)25/h3-4,7-13,16,19,26-27,34,36H,2,5-6,14-15,17-18,20H2,1H3,(H,37,44)(H,38,42)(H,39,41). The topological polar surface area (TPSA) is 160 Å². The number of nitrogens with one attached hydrogen (secondary N) is 5. The van der Waals surface area contributed by atoms with Crippen LogP contribution in [0.4, 0.5) is 0 Å². The number of benzene rings is 2. The largest absolute Gasteiger partial charge is 0.361 e. The number of hydrogen-bond donors (Lipinski definition) is 5. The first-order valence-corrected chi connectivity index (χ1v) is 16.0. The highest BCUT2D eigenvalue weighted by Gasteiger charge is 2.27. The number of amidine groups is 1. The molecule has 5 N–H and O–H groups in total. The summed E-state index contributed by atoms with van der Waals surface area (Å²) < 4.78 is 0. The molecule has 3 amide bonds. The van der Waals surface area contributed by atoms with Crippen LogP contribution in [-0.2, 0) is 27.2 Å². The maximum Gasteiger partial charge on any atom is 0.243 e. The van der Waals surface area contributed by atoms with Crippen molar-refractivity contribution in [1.82, 2.24) is 30.8 Å². The number of thiazole rings is 1. The number of H-pyrrole nitrogens is 1.